The van der Waals surface area contributed by atoms with Crippen LogP contribution < -0.4 is 10.6 Å². The third kappa shape index (κ3) is 1.43. The molecule has 0 heterocycles. The summed E-state index contributed by atoms with van der Waals surface area (Å²) in [7, 11) is 4.00. The van der Waals surface area contributed by atoms with Crippen LogP contribution >= 0.6 is 0 Å². The molecule has 58 valence electrons. The maximum Gasteiger partial charge on any atom is 0.0296 e. The molecule has 10 heavy (non-hydrogen) atoms. The maximum atomic E-state index is 3.22. The normalized spacial score (nSPS) is 19.0. The van der Waals surface area contributed by atoms with E-state index in [0.29, 0.717) is 0 Å². The second-order valence-corrected chi connectivity index (χ2v) is 2.66. The first-order valence-corrected chi connectivity index (χ1v) is 3.96. The number of allylic oxidation sites excluding steroid dienone is 2. The Labute approximate surface area is 62.7 Å². The van der Waals surface area contributed by atoms with E-state index in [9.17, 15) is 0 Å². The van der Waals surface area contributed by atoms with Crippen LogP contribution in [0.3, 0.4) is 0 Å². The molecule has 0 aromatic carbocycles. The van der Waals surface area contributed by atoms with Crippen LogP contribution in [0, 0.1) is 0 Å². The minimum absolute atomic E-state index is 1.21. The molecule has 0 aromatic rings. The van der Waals surface area contributed by atoms with Gasteiger partial charge in [0.1, 0.15) is 0 Å². The van der Waals surface area contributed by atoms with E-state index in [0.717, 1.165) is 0 Å². The third-order valence-corrected chi connectivity index (χ3v) is 2.07. The molecule has 0 saturated heterocycles. The van der Waals surface area contributed by atoms with Crippen molar-refractivity contribution >= 4 is 0 Å². The summed E-state index contributed by atoms with van der Waals surface area (Å²) >= 11 is 0. The Morgan fingerprint density at radius 1 is 0.900 bits per heavy atom. The standard InChI is InChI=1S/C8H16N2/c1-9-7-5-3-4-6-8(7)10-2/h9-10H,3-6H2,1-2H3. The number of rotatable bonds is 2. The molecule has 0 amide bonds. The van der Waals surface area contributed by atoms with Gasteiger partial charge in [0, 0.05) is 25.5 Å². The lowest BCUT2D eigenvalue weighted by atomic mass is 10.0. The average molecular weight is 140 g/mol. The molecular formula is C8H16N2. The quantitative estimate of drug-likeness (QED) is 0.602. The van der Waals surface area contributed by atoms with Crippen molar-refractivity contribution in [2.75, 3.05) is 14.1 Å². The fourth-order valence-corrected chi connectivity index (χ4v) is 1.46. The van der Waals surface area contributed by atoms with Crippen molar-refractivity contribution in [3.8, 4) is 0 Å². The molecule has 0 bridgehead atoms. The van der Waals surface area contributed by atoms with Crippen LogP contribution in [0.5, 0.6) is 0 Å². The summed E-state index contributed by atoms with van der Waals surface area (Å²) in [5, 5.41) is 6.44. The molecule has 0 unspecified atom stereocenters. The fourth-order valence-electron chi connectivity index (χ4n) is 1.46. The summed E-state index contributed by atoms with van der Waals surface area (Å²) in [6, 6.07) is 0. The topological polar surface area (TPSA) is 24.1 Å². The Balaban J connectivity index is 2.63. The van der Waals surface area contributed by atoms with Gasteiger partial charge in [0.2, 0.25) is 0 Å². The van der Waals surface area contributed by atoms with Crippen LogP contribution in [0.4, 0.5) is 0 Å². The van der Waals surface area contributed by atoms with E-state index >= 15 is 0 Å². The first kappa shape index (κ1) is 7.45. The van der Waals surface area contributed by atoms with E-state index in [1.807, 2.05) is 14.1 Å². The SMILES string of the molecule is CNC1=C(NC)CCCC1. The first-order valence-electron chi connectivity index (χ1n) is 3.96. The Morgan fingerprint density at radius 2 is 1.30 bits per heavy atom. The highest BCUT2D eigenvalue weighted by atomic mass is 14.9. The van der Waals surface area contributed by atoms with E-state index in [1.54, 1.807) is 0 Å². The van der Waals surface area contributed by atoms with Crippen molar-refractivity contribution in [2.24, 2.45) is 0 Å². The molecule has 2 nitrogen and oxygen atoms in total. The van der Waals surface area contributed by atoms with Gasteiger partial charge in [-0.3, -0.25) is 0 Å². The van der Waals surface area contributed by atoms with Gasteiger partial charge in [-0.15, -0.1) is 0 Å². The molecule has 0 atom stereocenters. The highest BCUT2D eigenvalue weighted by Crippen LogP contribution is 2.19. The zero-order valence-electron chi connectivity index (χ0n) is 6.83. The summed E-state index contributed by atoms with van der Waals surface area (Å²) in [6.45, 7) is 0. The van der Waals surface area contributed by atoms with Crippen LogP contribution in [-0.4, -0.2) is 14.1 Å². The van der Waals surface area contributed by atoms with Gasteiger partial charge < -0.3 is 10.6 Å². The van der Waals surface area contributed by atoms with E-state index in [1.165, 1.54) is 37.1 Å². The molecule has 0 radical (unpaired) electrons. The Bertz CT molecular complexity index is 122. The summed E-state index contributed by atoms with van der Waals surface area (Å²) in [5.41, 5.74) is 2.79. The minimum Gasteiger partial charge on any atom is -0.390 e. The van der Waals surface area contributed by atoms with E-state index in [2.05, 4.69) is 10.6 Å². The van der Waals surface area contributed by atoms with Gasteiger partial charge in [-0.2, -0.15) is 0 Å². The molecule has 0 fully saturated rings. The monoisotopic (exact) mass is 140 g/mol. The zero-order valence-corrected chi connectivity index (χ0v) is 6.83. The lowest BCUT2D eigenvalue weighted by Crippen LogP contribution is -2.19. The summed E-state index contributed by atoms with van der Waals surface area (Å²) in [6.07, 6.45) is 5.10. The van der Waals surface area contributed by atoms with Crippen LogP contribution in [0.25, 0.3) is 0 Å². The smallest absolute Gasteiger partial charge is 0.0296 e. The molecule has 0 aromatic heterocycles. The summed E-state index contributed by atoms with van der Waals surface area (Å²) < 4.78 is 0. The predicted molar refractivity (Wildman–Crippen MR) is 43.6 cm³/mol. The second-order valence-electron chi connectivity index (χ2n) is 2.66. The highest BCUT2D eigenvalue weighted by molar-refractivity contribution is 5.12. The molecule has 0 aliphatic heterocycles. The Morgan fingerprint density at radius 3 is 1.60 bits per heavy atom. The van der Waals surface area contributed by atoms with Gasteiger partial charge in [-0.05, 0) is 25.7 Å². The molecule has 2 heteroatoms. The number of nitrogens with one attached hydrogen (secondary N) is 2. The van der Waals surface area contributed by atoms with Crippen molar-refractivity contribution in [3.63, 3.8) is 0 Å². The lowest BCUT2D eigenvalue weighted by Gasteiger charge is -2.19. The minimum atomic E-state index is 1.21. The predicted octanol–water partition coefficient (Wildman–Crippen LogP) is 1.21. The highest BCUT2D eigenvalue weighted by Gasteiger charge is 2.08. The van der Waals surface area contributed by atoms with Crippen molar-refractivity contribution < 1.29 is 0 Å². The number of hydrogen-bond acceptors (Lipinski definition) is 2. The molecule has 1 aliphatic rings. The van der Waals surface area contributed by atoms with Crippen LogP contribution in [-0.2, 0) is 0 Å². The van der Waals surface area contributed by atoms with E-state index in [-0.39, 0.29) is 0 Å². The fraction of sp³-hybridized carbons (Fsp3) is 0.750. The first-order chi connectivity index (χ1) is 4.88. The Hall–Kier alpha value is -0.660. The molecule has 2 N–H and O–H groups in total. The molecular weight excluding hydrogens is 124 g/mol. The van der Waals surface area contributed by atoms with Gasteiger partial charge in [0.25, 0.3) is 0 Å². The number of hydrogen-bond donors (Lipinski definition) is 2. The van der Waals surface area contributed by atoms with Crippen molar-refractivity contribution in [1.29, 1.82) is 0 Å². The molecule has 0 saturated carbocycles. The largest absolute Gasteiger partial charge is 0.390 e. The molecule has 1 rings (SSSR count). The van der Waals surface area contributed by atoms with Gasteiger partial charge in [-0.1, -0.05) is 0 Å². The van der Waals surface area contributed by atoms with Gasteiger partial charge in [0.15, 0.2) is 0 Å². The maximum absolute atomic E-state index is 3.22. The zero-order chi connectivity index (χ0) is 7.40. The molecule has 0 spiro atoms. The van der Waals surface area contributed by atoms with E-state index < -0.39 is 0 Å². The van der Waals surface area contributed by atoms with Crippen molar-refractivity contribution in [3.05, 3.63) is 11.4 Å². The van der Waals surface area contributed by atoms with Crippen LogP contribution in [0.15, 0.2) is 11.4 Å². The molecule has 1 aliphatic carbocycles. The van der Waals surface area contributed by atoms with Crippen LogP contribution in [0.2, 0.25) is 0 Å². The van der Waals surface area contributed by atoms with Gasteiger partial charge in [0.05, 0.1) is 0 Å². The third-order valence-electron chi connectivity index (χ3n) is 2.07. The summed E-state index contributed by atoms with van der Waals surface area (Å²) in [5.74, 6) is 0. The van der Waals surface area contributed by atoms with Crippen molar-refractivity contribution in [1.82, 2.24) is 10.6 Å². The Kier molecular flexibility index (Phi) is 2.60. The van der Waals surface area contributed by atoms with E-state index in [4.69, 9.17) is 0 Å². The lowest BCUT2D eigenvalue weighted by molar-refractivity contribution is 0.609. The van der Waals surface area contributed by atoms with Crippen LogP contribution in [0.1, 0.15) is 25.7 Å². The second kappa shape index (κ2) is 3.49. The van der Waals surface area contributed by atoms with Gasteiger partial charge in [-0.25, -0.2) is 0 Å². The van der Waals surface area contributed by atoms with Crippen molar-refractivity contribution in [2.45, 2.75) is 25.7 Å². The summed E-state index contributed by atoms with van der Waals surface area (Å²) in [4.78, 5) is 0. The van der Waals surface area contributed by atoms with Gasteiger partial charge >= 0.3 is 0 Å². The average Bonchev–Trinajstić information content (AvgIpc) is 2.04.